The number of aromatic nitrogens is 5. The van der Waals surface area contributed by atoms with Crippen LogP contribution in [-0.2, 0) is 6.42 Å². The first-order valence-corrected chi connectivity index (χ1v) is 4.39. The van der Waals surface area contributed by atoms with Crippen LogP contribution >= 0.6 is 0 Å². The van der Waals surface area contributed by atoms with Crippen LogP contribution < -0.4 is 5.73 Å². The second kappa shape index (κ2) is 3.60. The lowest BCUT2D eigenvalue weighted by molar-refractivity contribution is 0.574. The molecule has 0 amide bonds. The number of hydrogen-bond donors (Lipinski definition) is 1. The van der Waals surface area contributed by atoms with Crippen molar-refractivity contribution in [3.8, 4) is 5.82 Å². The lowest BCUT2D eigenvalue weighted by atomic mass is 10.3. The zero-order chi connectivity index (χ0) is 10.8. The van der Waals surface area contributed by atoms with Gasteiger partial charge in [-0.3, -0.25) is 0 Å². The molecule has 2 heterocycles. The summed E-state index contributed by atoms with van der Waals surface area (Å²) in [6.07, 6.45) is 3.08. The predicted molar refractivity (Wildman–Crippen MR) is 50.7 cm³/mol. The maximum atomic E-state index is 13.7. The van der Waals surface area contributed by atoms with Crippen molar-refractivity contribution in [2.45, 2.75) is 13.3 Å². The Hall–Kier alpha value is -2.05. The fourth-order valence-electron chi connectivity index (χ4n) is 1.18. The lowest BCUT2D eigenvalue weighted by Gasteiger charge is -2.03. The Morgan fingerprint density at radius 2 is 2.20 bits per heavy atom. The number of anilines is 1. The Morgan fingerprint density at radius 1 is 1.40 bits per heavy atom. The SMILES string of the molecule is CCc1ncnc(-n2cnc(N)n2)c1F. The van der Waals surface area contributed by atoms with Gasteiger partial charge >= 0.3 is 0 Å². The summed E-state index contributed by atoms with van der Waals surface area (Å²) in [7, 11) is 0. The third kappa shape index (κ3) is 1.63. The van der Waals surface area contributed by atoms with Crippen LogP contribution in [0.2, 0.25) is 0 Å². The Bertz CT molecular complexity index is 480. The van der Waals surface area contributed by atoms with E-state index >= 15 is 0 Å². The third-order valence-corrected chi connectivity index (χ3v) is 1.90. The summed E-state index contributed by atoms with van der Waals surface area (Å²) in [4.78, 5) is 11.3. The molecular formula is C8H9FN6. The van der Waals surface area contributed by atoms with Crippen molar-refractivity contribution >= 4 is 5.95 Å². The highest BCUT2D eigenvalue weighted by molar-refractivity contribution is 5.26. The third-order valence-electron chi connectivity index (χ3n) is 1.90. The first-order valence-electron chi connectivity index (χ1n) is 4.39. The standard InChI is InChI=1S/C8H9FN6/c1-2-5-6(9)7(12-3-11-5)15-4-13-8(10)14-15/h3-4H,2H2,1H3,(H2,10,14). The van der Waals surface area contributed by atoms with Crippen molar-refractivity contribution in [2.24, 2.45) is 0 Å². The summed E-state index contributed by atoms with van der Waals surface area (Å²) in [5, 5.41) is 3.77. The van der Waals surface area contributed by atoms with Crippen LogP contribution in [0.3, 0.4) is 0 Å². The molecule has 2 rings (SSSR count). The van der Waals surface area contributed by atoms with Gasteiger partial charge in [0.25, 0.3) is 0 Å². The smallest absolute Gasteiger partial charge is 0.239 e. The summed E-state index contributed by atoms with van der Waals surface area (Å²) < 4.78 is 14.9. The van der Waals surface area contributed by atoms with E-state index in [1.807, 2.05) is 6.92 Å². The molecule has 7 heteroatoms. The summed E-state index contributed by atoms with van der Waals surface area (Å²) in [6.45, 7) is 1.81. The Kier molecular flexibility index (Phi) is 2.28. The number of halogens is 1. The van der Waals surface area contributed by atoms with Crippen molar-refractivity contribution in [2.75, 3.05) is 5.73 Å². The molecule has 6 nitrogen and oxygen atoms in total. The Labute approximate surface area is 85.0 Å². The molecule has 2 N–H and O–H groups in total. The summed E-state index contributed by atoms with van der Waals surface area (Å²) in [5.41, 5.74) is 5.67. The van der Waals surface area contributed by atoms with Gasteiger partial charge in [0, 0.05) is 0 Å². The molecule has 0 bridgehead atoms. The maximum Gasteiger partial charge on any atom is 0.239 e. The minimum atomic E-state index is -0.495. The number of aryl methyl sites for hydroxylation is 1. The molecular weight excluding hydrogens is 199 g/mol. The number of hydrogen-bond acceptors (Lipinski definition) is 5. The van der Waals surface area contributed by atoms with E-state index in [9.17, 15) is 4.39 Å². The van der Waals surface area contributed by atoms with Gasteiger partial charge in [0.15, 0.2) is 11.6 Å². The van der Waals surface area contributed by atoms with Crippen LogP contribution in [-0.4, -0.2) is 24.7 Å². The quantitative estimate of drug-likeness (QED) is 0.769. The molecule has 0 unspecified atom stereocenters. The minimum absolute atomic E-state index is 0.0612. The summed E-state index contributed by atoms with van der Waals surface area (Å²) >= 11 is 0. The number of rotatable bonds is 2. The first kappa shape index (κ1) is 9.50. The van der Waals surface area contributed by atoms with Gasteiger partial charge in [-0.1, -0.05) is 6.92 Å². The van der Waals surface area contributed by atoms with Gasteiger partial charge in [-0.05, 0) is 6.42 Å². The monoisotopic (exact) mass is 208 g/mol. The van der Waals surface area contributed by atoms with Gasteiger partial charge in [-0.25, -0.2) is 19.3 Å². The van der Waals surface area contributed by atoms with Gasteiger partial charge in [0.1, 0.15) is 12.7 Å². The van der Waals surface area contributed by atoms with Crippen LogP contribution in [0.5, 0.6) is 0 Å². The maximum absolute atomic E-state index is 13.7. The highest BCUT2D eigenvalue weighted by Gasteiger charge is 2.12. The number of nitrogens with two attached hydrogens (primary N) is 1. The van der Waals surface area contributed by atoms with Gasteiger partial charge in [-0.2, -0.15) is 4.68 Å². The fourth-order valence-corrected chi connectivity index (χ4v) is 1.18. The van der Waals surface area contributed by atoms with Crippen LogP contribution in [0.4, 0.5) is 10.3 Å². The molecule has 0 aliphatic rings. The van der Waals surface area contributed by atoms with E-state index in [0.29, 0.717) is 12.1 Å². The van der Waals surface area contributed by atoms with E-state index in [-0.39, 0.29) is 11.8 Å². The lowest BCUT2D eigenvalue weighted by Crippen LogP contribution is -2.06. The second-order valence-electron chi connectivity index (χ2n) is 2.86. The molecule has 0 aliphatic carbocycles. The van der Waals surface area contributed by atoms with Crippen LogP contribution in [0.1, 0.15) is 12.6 Å². The Morgan fingerprint density at radius 3 is 2.80 bits per heavy atom. The molecule has 15 heavy (non-hydrogen) atoms. The normalized spacial score (nSPS) is 10.5. The van der Waals surface area contributed by atoms with E-state index in [2.05, 4.69) is 20.1 Å². The predicted octanol–water partition coefficient (Wildman–Crippen LogP) is 0.341. The molecule has 0 aromatic carbocycles. The van der Waals surface area contributed by atoms with E-state index in [0.717, 1.165) is 0 Å². The Balaban J connectivity index is 2.53. The molecule has 78 valence electrons. The second-order valence-corrected chi connectivity index (χ2v) is 2.86. The van der Waals surface area contributed by atoms with E-state index < -0.39 is 5.82 Å². The van der Waals surface area contributed by atoms with Crippen LogP contribution in [0, 0.1) is 5.82 Å². The van der Waals surface area contributed by atoms with Crippen molar-refractivity contribution < 1.29 is 4.39 Å². The molecule has 0 atom stereocenters. The van der Waals surface area contributed by atoms with E-state index in [1.54, 1.807) is 0 Å². The molecule has 2 aromatic heterocycles. The highest BCUT2D eigenvalue weighted by atomic mass is 19.1. The van der Waals surface area contributed by atoms with Crippen molar-refractivity contribution in [3.05, 3.63) is 24.2 Å². The molecule has 0 saturated heterocycles. The van der Waals surface area contributed by atoms with Crippen molar-refractivity contribution in [1.29, 1.82) is 0 Å². The zero-order valence-electron chi connectivity index (χ0n) is 8.05. The van der Waals surface area contributed by atoms with Crippen LogP contribution in [0.15, 0.2) is 12.7 Å². The van der Waals surface area contributed by atoms with Crippen LogP contribution in [0.25, 0.3) is 5.82 Å². The molecule has 0 saturated carbocycles. The topological polar surface area (TPSA) is 82.5 Å². The largest absolute Gasteiger partial charge is 0.366 e. The molecule has 0 spiro atoms. The van der Waals surface area contributed by atoms with Gasteiger partial charge in [0.2, 0.25) is 5.95 Å². The minimum Gasteiger partial charge on any atom is -0.366 e. The summed E-state index contributed by atoms with van der Waals surface area (Å²) in [5.74, 6) is -0.359. The van der Waals surface area contributed by atoms with Gasteiger partial charge < -0.3 is 5.73 Å². The van der Waals surface area contributed by atoms with Gasteiger partial charge in [0.05, 0.1) is 5.69 Å². The average molecular weight is 208 g/mol. The van der Waals surface area contributed by atoms with Gasteiger partial charge in [-0.15, -0.1) is 5.10 Å². The highest BCUT2D eigenvalue weighted by Crippen LogP contribution is 2.11. The molecule has 0 aliphatic heterocycles. The zero-order valence-corrected chi connectivity index (χ0v) is 8.05. The van der Waals surface area contributed by atoms with Crippen molar-refractivity contribution in [1.82, 2.24) is 24.7 Å². The molecule has 0 fully saturated rings. The molecule has 0 radical (unpaired) electrons. The average Bonchev–Trinajstić information content (AvgIpc) is 2.65. The fraction of sp³-hybridized carbons (Fsp3) is 0.250. The number of nitrogen functional groups attached to an aromatic ring is 1. The van der Waals surface area contributed by atoms with E-state index in [1.165, 1.54) is 17.3 Å². The molecule has 2 aromatic rings. The summed E-state index contributed by atoms with van der Waals surface area (Å²) in [6, 6.07) is 0. The first-order chi connectivity index (χ1) is 7.22. The van der Waals surface area contributed by atoms with E-state index in [4.69, 9.17) is 5.73 Å². The number of nitrogens with zero attached hydrogens (tertiary/aromatic N) is 5. The van der Waals surface area contributed by atoms with Crippen molar-refractivity contribution in [3.63, 3.8) is 0 Å².